The third-order valence-electron chi connectivity index (χ3n) is 4.73. The van der Waals surface area contributed by atoms with E-state index >= 15 is 0 Å². The number of nitrogens with zero attached hydrogens (tertiary/aromatic N) is 2. The van der Waals surface area contributed by atoms with Gasteiger partial charge in [-0.3, -0.25) is 14.2 Å². The van der Waals surface area contributed by atoms with Gasteiger partial charge in [0, 0.05) is 30.9 Å². The summed E-state index contributed by atoms with van der Waals surface area (Å²) in [4.78, 5) is 12.7. The molecule has 2 aromatic carbocycles. The van der Waals surface area contributed by atoms with Crippen LogP contribution in [0.5, 0.6) is 0 Å². The molecule has 8 heteroatoms. The van der Waals surface area contributed by atoms with Crippen LogP contribution in [0.15, 0.2) is 59.8 Å². The molecule has 3 aromatic rings. The van der Waals surface area contributed by atoms with Gasteiger partial charge in [-0.15, -0.1) is 0 Å². The molecule has 0 bridgehead atoms. The molecule has 0 aliphatic heterocycles. The van der Waals surface area contributed by atoms with Gasteiger partial charge < -0.3 is 5.32 Å². The van der Waals surface area contributed by atoms with Crippen LogP contribution >= 0.6 is 0 Å². The van der Waals surface area contributed by atoms with Gasteiger partial charge >= 0.3 is 0 Å². The van der Waals surface area contributed by atoms with Crippen molar-refractivity contribution in [3.8, 4) is 0 Å². The first-order chi connectivity index (χ1) is 14.3. The molecule has 2 N–H and O–H groups in total. The highest BCUT2D eigenvalue weighted by atomic mass is 32.2. The number of hydrogen-bond acceptors (Lipinski definition) is 4. The lowest BCUT2D eigenvalue weighted by molar-refractivity contribution is 0.0951. The number of rotatable bonds is 8. The number of hydrogen-bond donors (Lipinski definition) is 2. The fourth-order valence-electron chi connectivity index (χ4n) is 3.05. The van der Waals surface area contributed by atoms with Crippen LogP contribution in [0.3, 0.4) is 0 Å². The molecule has 0 spiro atoms. The minimum absolute atomic E-state index is 0.188. The Bertz CT molecular complexity index is 1140. The van der Waals surface area contributed by atoms with E-state index in [1.54, 1.807) is 55.2 Å². The minimum atomic E-state index is -3.76. The monoisotopic (exact) mass is 426 g/mol. The SMILES string of the molecule is CCCc1ccc(S(=O)(=O)Nc2cc(C(=O)NCc3cnn(C)c3)ccc2C)cc1. The second-order valence-electron chi connectivity index (χ2n) is 7.23. The topological polar surface area (TPSA) is 93.1 Å². The Hall–Kier alpha value is -3.13. The second-order valence-corrected chi connectivity index (χ2v) is 8.92. The third-order valence-corrected chi connectivity index (χ3v) is 6.11. The Morgan fingerprint density at radius 3 is 2.47 bits per heavy atom. The summed E-state index contributed by atoms with van der Waals surface area (Å²) in [5.41, 5.74) is 3.46. The number of nitrogens with one attached hydrogen (secondary N) is 2. The van der Waals surface area contributed by atoms with E-state index in [1.807, 2.05) is 18.3 Å². The summed E-state index contributed by atoms with van der Waals surface area (Å²) in [5.74, 6) is -0.289. The summed E-state index contributed by atoms with van der Waals surface area (Å²) < 4.78 is 29.9. The normalized spacial score (nSPS) is 11.3. The lowest BCUT2D eigenvalue weighted by Gasteiger charge is -2.13. The number of aryl methyl sites for hydroxylation is 3. The van der Waals surface area contributed by atoms with Gasteiger partial charge in [0.05, 0.1) is 16.8 Å². The second kappa shape index (κ2) is 9.13. The predicted molar refractivity (Wildman–Crippen MR) is 117 cm³/mol. The van der Waals surface area contributed by atoms with Crippen LogP contribution in [0.2, 0.25) is 0 Å². The summed E-state index contributed by atoms with van der Waals surface area (Å²) in [5, 5.41) is 6.88. The van der Waals surface area contributed by atoms with Gasteiger partial charge in [-0.2, -0.15) is 5.10 Å². The Morgan fingerprint density at radius 1 is 1.10 bits per heavy atom. The van der Waals surface area contributed by atoms with E-state index in [4.69, 9.17) is 0 Å². The number of carbonyl (C=O) groups is 1. The molecule has 0 atom stereocenters. The van der Waals surface area contributed by atoms with Crippen molar-refractivity contribution in [3.63, 3.8) is 0 Å². The van der Waals surface area contributed by atoms with E-state index in [0.717, 1.165) is 29.5 Å². The number of anilines is 1. The molecule has 1 heterocycles. The van der Waals surface area contributed by atoms with Crippen LogP contribution in [0.25, 0.3) is 0 Å². The summed E-state index contributed by atoms with van der Waals surface area (Å²) >= 11 is 0. The molecule has 30 heavy (non-hydrogen) atoms. The van der Waals surface area contributed by atoms with E-state index in [9.17, 15) is 13.2 Å². The van der Waals surface area contributed by atoms with Crippen molar-refractivity contribution in [2.75, 3.05) is 4.72 Å². The summed E-state index contributed by atoms with van der Waals surface area (Å²) in [6.07, 6.45) is 5.41. The molecule has 0 aliphatic carbocycles. The smallest absolute Gasteiger partial charge is 0.261 e. The standard InChI is InChI=1S/C22H26N4O3S/c1-4-5-17-7-10-20(11-8-17)30(28,29)25-21-12-19(9-6-16(21)2)22(27)23-13-18-14-24-26(3)15-18/h6-12,14-15,25H,4-5,13H2,1-3H3,(H,23,27). The molecule has 158 valence electrons. The maximum atomic E-state index is 12.8. The highest BCUT2D eigenvalue weighted by molar-refractivity contribution is 7.92. The molecular formula is C22H26N4O3S. The molecule has 3 rings (SSSR count). The fourth-order valence-corrected chi connectivity index (χ4v) is 4.17. The van der Waals surface area contributed by atoms with Crippen LogP contribution < -0.4 is 10.0 Å². The lowest BCUT2D eigenvalue weighted by Crippen LogP contribution is -2.23. The van der Waals surface area contributed by atoms with E-state index in [-0.39, 0.29) is 10.8 Å². The van der Waals surface area contributed by atoms with E-state index < -0.39 is 10.0 Å². The quantitative estimate of drug-likeness (QED) is 0.577. The van der Waals surface area contributed by atoms with Crippen molar-refractivity contribution < 1.29 is 13.2 Å². The number of benzene rings is 2. The van der Waals surface area contributed by atoms with Gasteiger partial charge in [-0.1, -0.05) is 31.5 Å². The highest BCUT2D eigenvalue weighted by Gasteiger charge is 2.17. The number of aromatic nitrogens is 2. The molecular weight excluding hydrogens is 400 g/mol. The van der Waals surface area contributed by atoms with E-state index in [2.05, 4.69) is 22.1 Å². The highest BCUT2D eigenvalue weighted by Crippen LogP contribution is 2.22. The molecule has 0 aliphatic rings. The van der Waals surface area contributed by atoms with Crippen molar-refractivity contribution in [3.05, 3.63) is 77.1 Å². The van der Waals surface area contributed by atoms with Crippen LogP contribution in [0.4, 0.5) is 5.69 Å². The van der Waals surface area contributed by atoms with Crippen molar-refractivity contribution in [2.24, 2.45) is 7.05 Å². The van der Waals surface area contributed by atoms with Crippen molar-refractivity contribution in [1.29, 1.82) is 0 Å². The Kier molecular flexibility index (Phi) is 6.56. The largest absolute Gasteiger partial charge is 0.348 e. The predicted octanol–water partition coefficient (Wildman–Crippen LogP) is 3.41. The van der Waals surface area contributed by atoms with Gasteiger partial charge in [0.15, 0.2) is 0 Å². The zero-order chi connectivity index (χ0) is 21.7. The van der Waals surface area contributed by atoms with Gasteiger partial charge in [0.25, 0.3) is 15.9 Å². The lowest BCUT2D eigenvalue weighted by atomic mass is 10.1. The maximum absolute atomic E-state index is 12.8. The zero-order valence-corrected chi connectivity index (χ0v) is 18.2. The molecule has 0 radical (unpaired) electrons. The van der Waals surface area contributed by atoms with E-state index in [1.165, 1.54) is 0 Å². The number of sulfonamides is 1. The summed E-state index contributed by atoms with van der Waals surface area (Å²) in [7, 11) is -1.95. The van der Waals surface area contributed by atoms with Gasteiger partial charge in [-0.05, 0) is 48.7 Å². The van der Waals surface area contributed by atoms with Gasteiger partial charge in [0.2, 0.25) is 0 Å². The molecule has 0 saturated carbocycles. The van der Waals surface area contributed by atoms with Gasteiger partial charge in [-0.25, -0.2) is 8.42 Å². The Balaban J connectivity index is 1.74. The van der Waals surface area contributed by atoms with Crippen molar-refractivity contribution in [2.45, 2.75) is 38.1 Å². The summed E-state index contributed by atoms with van der Waals surface area (Å²) in [6.45, 7) is 4.21. The van der Waals surface area contributed by atoms with Crippen LogP contribution in [0, 0.1) is 6.92 Å². The fraction of sp³-hybridized carbons (Fsp3) is 0.273. The molecule has 0 unspecified atom stereocenters. The van der Waals surface area contributed by atoms with E-state index in [0.29, 0.717) is 17.8 Å². The Morgan fingerprint density at radius 2 is 1.83 bits per heavy atom. The molecule has 7 nitrogen and oxygen atoms in total. The molecule has 0 saturated heterocycles. The summed E-state index contributed by atoms with van der Waals surface area (Å²) in [6, 6.07) is 11.8. The Labute approximate surface area is 177 Å². The van der Waals surface area contributed by atoms with Crippen molar-refractivity contribution >= 4 is 21.6 Å². The first-order valence-corrected chi connectivity index (χ1v) is 11.2. The number of amides is 1. The van der Waals surface area contributed by atoms with Crippen LogP contribution in [-0.2, 0) is 30.0 Å². The first kappa shape index (κ1) is 21.6. The minimum Gasteiger partial charge on any atom is -0.348 e. The maximum Gasteiger partial charge on any atom is 0.261 e. The third kappa shape index (κ3) is 5.27. The molecule has 0 fully saturated rings. The average Bonchev–Trinajstić information content (AvgIpc) is 3.13. The average molecular weight is 427 g/mol. The van der Waals surface area contributed by atoms with Crippen LogP contribution in [-0.4, -0.2) is 24.1 Å². The first-order valence-electron chi connectivity index (χ1n) is 9.76. The molecule has 1 aromatic heterocycles. The van der Waals surface area contributed by atoms with Crippen LogP contribution in [0.1, 0.15) is 40.4 Å². The van der Waals surface area contributed by atoms with Crippen molar-refractivity contribution in [1.82, 2.24) is 15.1 Å². The number of carbonyl (C=O) groups excluding carboxylic acids is 1. The van der Waals surface area contributed by atoms with Gasteiger partial charge in [0.1, 0.15) is 0 Å². The molecule has 1 amide bonds. The zero-order valence-electron chi connectivity index (χ0n) is 17.3.